The second-order valence-corrected chi connectivity index (χ2v) is 7.55. The molecule has 5 nitrogen and oxygen atoms in total. The zero-order chi connectivity index (χ0) is 20.6. The van der Waals surface area contributed by atoms with E-state index < -0.39 is 11.7 Å². The standard InChI is InChI=1S/C23H28FN3O2/c1-17-6-4-5-13-27(17)16-20-8-3-2-7-19(20)14-25-22(28)15-26-23(29)18-9-11-21(24)12-10-18/h2-3,7-12,17H,4-6,13-16H2,1H3,(H,25,28)(H,26,29)/t17-/m1/s1. The van der Waals surface area contributed by atoms with E-state index in [1.807, 2.05) is 18.2 Å². The van der Waals surface area contributed by atoms with Crippen molar-refractivity contribution in [1.29, 1.82) is 0 Å². The van der Waals surface area contributed by atoms with E-state index in [0.29, 0.717) is 18.2 Å². The molecule has 2 N–H and O–H groups in total. The lowest BCUT2D eigenvalue weighted by atomic mass is 10.0. The van der Waals surface area contributed by atoms with E-state index in [-0.39, 0.29) is 12.5 Å². The average Bonchev–Trinajstić information content (AvgIpc) is 2.73. The summed E-state index contributed by atoms with van der Waals surface area (Å²) >= 11 is 0. The smallest absolute Gasteiger partial charge is 0.251 e. The zero-order valence-electron chi connectivity index (χ0n) is 16.8. The lowest BCUT2D eigenvalue weighted by Gasteiger charge is -2.33. The van der Waals surface area contributed by atoms with Crippen molar-refractivity contribution in [1.82, 2.24) is 15.5 Å². The van der Waals surface area contributed by atoms with Crippen LogP contribution >= 0.6 is 0 Å². The van der Waals surface area contributed by atoms with Gasteiger partial charge in [-0.05, 0) is 61.7 Å². The molecule has 3 rings (SSSR count). The number of amides is 2. The maximum Gasteiger partial charge on any atom is 0.251 e. The normalized spacial score (nSPS) is 17.0. The van der Waals surface area contributed by atoms with Gasteiger partial charge in [0.2, 0.25) is 5.91 Å². The molecule has 2 aromatic rings. The predicted octanol–water partition coefficient (Wildman–Crippen LogP) is 3.25. The molecule has 29 heavy (non-hydrogen) atoms. The first kappa shape index (κ1) is 21.0. The second kappa shape index (κ2) is 10.2. The molecule has 0 unspecified atom stereocenters. The summed E-state index contributed by atoms with van der Waals surface area (Å²) in [6, 6.07) is 13.9. The number of nitrogens with one attached hydrogen (secondary N) is 2. The number of likely N-dealkylation sites (tertiary alicyclic amines) is 1. The van der Waals surface area contributed by atoms with Crippen molar-refractivity contribution >= 4 is 11.8 Å². The van der Waals surface area contributed by atoms with Crippen LogP contribution in [0.5, 0.6) is 0 Å². The fraction of sp³-hybridized carbons (Fsp3) is 0.391. The topological polar surface area (TPSA) is 61.4 Å². The largest absolute Gasteiger partial charge is 0.350 e. The monoisotopic (exact) mass is 397 g/mol. The molecule has 0 bridgehead atoms. The quantitative estimate of drug-likeness (QED) is 0.754. The Labute approximate surface area is 171 Å². The molecular weight excluding hydrogens is 369 g/mol. The summed E-state index contributed by atoms with van der Waals surface area (Å²) in [6.45, 7) is 4.56. The van der Waals surface area contributed by atoms with Gasteiger partial charge in [0.1, 0.15) is 5.82 Å². The first-order valence-corrected chi connectivity index (χ1v) is 10.1. The molecule has 1 fully saturated rings. The van der Waals surface area contributed by atoms with Gasteiger partial charge in [-0.2, -0.15) is 0 Å². The van der Waals surface area contributed by atoms with E-state index in [4.69, 9.17) is 0 Å². The number of piperidine rings is 1. The molecule has 1 heterocycles. The van der Waals surface area contributed by atoms with E-state index in [9.17, 15) is 14.0 Å². The molecule has 0 saturated carbocycles. The summed E-state index contributed by atoms with van der Waals surface area (Å²) in [7, 11) is 0. The summed E-state index contributed by atoms with van der Waals surface area (Å²) < 4.78 is 12.9. The Morgan fingerprint density at radius 3 is 2.48 bits per heavy atom. The van der Waals surface area contributed by atoms with Gasteiger partial charge in [-0.3, -0.25) is 14.5 Å². The van der Waals surface area contributed by atoms with Crippen molar-refractivity contribution < 1.29 is 14.0 Å². The first-order chi connectivity index (χ1) is 14.0. The highest BCUT2D eigenvalue weighted by atomic mass is 19.1. The van der Waals surface area contributed by atoms with Crippen LogP contribution in [0.3, 0.4) is 0 Å². The van der Waals surface area contributed by atoms with Crippen molar-refractivity contribution in [2.45, 2.75) is 45.3 Å². The summed E-state index contributed by atoms with van der Waals surface area (Å²) in [6.07, 6.45) is 3.75. The minimum atomic E-state index is -0.406. The summed E-state index contributed by atoms with van der Waals surface area (Å²) in [5, 5.41) is 5.43. The fourth-order valence-corrected chi connectivity index (χ4v) is 3.62. The number of carbonyl (C=O) groups is 2. The van der Waals surface area contributed by atoms with E-state index in [2.05, 4.69) is 28.5 Å². The van der Waals surface area contributed by atoms with E-state index in [1.54, 1.807) is 0 Å². The van der Waals surface area contributed by atoms with Crippen molar-refractivity contribution in [2.75, 3.05) is 13.1 Å². The Kier molecular flexibility index (Phi) is 7.36. The van der Waals surface area contributed by atoms with Crippen LogP contribution in [0.4, 0.5) is 4.39 Å². The third kappa shape index (κ3) is 6.12. The Bertz CT molecular complexity index is 838. The number of halogens is 1. The number of hydrogen-bond donors (Lipinski definition) is 2. The molecule has 1 saturated heterocycles. The van der Waals surface area contributed by atoms with Gasteiger partial charge in [0.05, 0.1) is 6.54 Å². The van der Waals surface area contributed by atoms with E-state index in [1.165, 1.54) is 49.1 Å². The highest BCUT2D eigenvalue weighted by molar-refractivity contribution is 5.96. The number of benzene rings is 2. The van der Waals surface area contributed by atoms with Gasteiger partial charge in [-0.1, -0.05) is 30.7 Å². The number of nitrogens with zero attached hydrogens (tertiary/aromatic N) is 1. The Hall–Kier alpha value is -2.73. The van der Waals surface area contributed by atoms with Gasteiger partial charge in [-0.15, -0.1) is 0 Å². The van der Waals surface area contributed by atoms with Gasteiger partial charge < -0.3 is 10.6 Å². The van der Waals surface area contributed by atoms with Gasteiger partial charge >= 0.3 is 0 Å². The third-order valence-electron chi connectivity index (χ3n) is 5.42. The number of rotatable bonds is 7. The molecule has 1 atom stereocenters. The Morgan fingerprint density at radius 1 is 1.03 bits per heavy atom. The van der Waals surface area contributed by atoms with Crippen LogP contribution in [0.15, 0.2) is 48.5 Å². The second-order valence-electron chi connectivity index (χ2n) is 7.55. The fourth-order valence-electron chi connectivity index (χ4n) is 3.62. The molecule has 154 valence electrons. The molecule has 0 spiro atoms. The number of carbonyl (C=O) groups excluding carboxylic acids is 2. The minimum absolute atomic E-state index is 0.123. The molecule has 1 aliphatic heterocycles. The molecule has 0 aromatic heterocycles. The van der Waals surface area contributed by atoms with Crippen LogP contribution in [0.25, 0.3) is 0 Å². The minimum Gasteiger partial charge on any atom is -0.350 e. The van der Waals surface area contributed by atoms with Crippen molar-refractivity contribution in [3.05, 3.63) is 71.0 Å². The van der Waals surface area contributed by atoms with Crippen LogP contribution in [-0.4, -0.2) is 35.8 Å². The average molecular weight is 397 g/mol. The predicted molar refractivity (Wildman–Crippen MR) is 111 cm³/mol. The SMILES string of the molecule is C[C@@H]1CCCCN1Cc1ccccc1CNC(=O)CNC(=O)c1ccc(F)cc1. The van der Waals surface area contributed by atoms with Crippen LogP contribution in [0, 0.1) is 5.82 Å². The van der Waals surface area contributed by atoms with Gasteiger partial charge in [0.25, 0.3) is 5.91 Å². The molecular formula is C23H28FN3O2. The van der Waals surface area contributed by atoms with Crippen LogP contribution in [0.1, 0.15) is 47.7 Å². The lowest BCUT2D eigenvalue weighted by molar-refractivity contribution is -0.120. The molecule has 0 radical (unpaired) electrons. The third-order valence-corrected chi connectivity index (χ3v) is 5.42. The van der Waals surface area contributed by atoms with Crippen molar-refractivity contribution in [3.8, 4) is 0 Å². The highest BCUT2D eigenvalue weighted by Gasteiger charge is 2.19. The summed E-state index contributed by atoms with van der Waals surface area (Å²) in [5.74, 6) is -1.07. The first-order valence-electron chi connectivity index (χ1n) is 10.1. The van der Waals surface area contributed by atoms with Gasteiger partial charge in [0, 0.05) is 24.7 Å². The Balaban J connectivity index is 1.49. The van der Waals surface area contributed by atoms with Crippen molar-refractivity contribution in [2.24, 2.45) is 0 Å². The highest BCUT2D eigenvalue weighted by Crippen LogP contribution is 2.20. The van der Waals surface area contributed by atoms with Crippen LogP contribution < -0.4 is 10.6 Å². The molecule has 6 heteroatoms. The summed E-state index contributed by atoms with van der Waals surface area (Å²) in [4.78, 5) is 26.7. The van der Waals surface area contributed by atoms with Gasteiger partial charge in [0.15, 0.2) is 0 Å². The van der Waals surface area contributed by atoms with Gasteiger partial charge in [-0.25, -0.2) is 4.39 Å². The van der Waals surface area contributed by atoms with E-state index in [0.717, 1.165) is 18.7 Å². The molecule has 2 aromatic carbocycles. The molecule has 2 amide bonds. The van der Waals surface area contributed by atoms with Crippen LogP contribution in [0.2, 0.25) is 0 Å². The van der Waals surface area contributed by atoms with Crippen LogP contribution in [-0.2, 0) is 17.9 Å². The maximum absolute atomic E-state index is 12.9. The maximum atomic E-state index is 12.9. The molecule has 1 aliphatic rings. The Morgan fingerprint density at radius 2 is 1.76 bits per heavy atom. The molecule has 0 aliphatic carbocycles. The summed E-state index contributed by atoms with van der Waals surface area (Å²) in [5.41, 5.74) is 2.63. The zero-order valence-corrected chi connectivity index (χ0v) is 16.8. The van der Waals surface area contributed by atoms with E-state index >= 15 is 0 Å². The van der Waals surface area contributed by atoms with Crippen molar-refractivity contribution in [3.63, 3.8) is 0 Å². The lowest BCUT2D eigenvalue weighted by Crippen LogP contribution is -2.38. The number of hydrogen-bond acceptors (Lipinski definition) is 3.